The smallest absolute Gasteiger partial charge is 0.352 e. The van der Waals surface area contributed by atoms with Gasteiger partial charge in [0.1, 0.15) is 5.69 Å². The van der Waals surface area contributed by atoms with Crippen LogP contribution < -0.4 is 10.6 Å². The predicted octanol–water partition coefficient (Wildman–Crippen LogP) is 2.34. The van der Waals surface area contributed by atoms with Crippen LogP contribution in [0.25, 0.3) is 5.69 Å². The molecule has 1 aromatic heterocycles. The molecule has 1 aliphatic heterocycles. The summed E-state index contributed by atoms with van der Waals surface area (Å²) >= 11 is 0. The van der Waals surface area contributed by atoms with Crippen LogP contribution in [0.1, 0.15) is 22.5 Å². The van der Waals surface area contributed by atoms with E-state index in [-0.39, 0.29) is 24.0 Å². The number of rotatable bonds is 6. The molecule has 1 aliphatic rings. The van der Waals surface area contributed by atoms with Gasteiger partial charge in [0.25, 0.3) is 5.91 Å². The number of nitrogens with one attached hydrogen (secondary N) is 2. The van der Waals surface area contributed by atoms with Crippen molar-refractivity contribution < 1.29 is 18.0 Å². The molecule has 6 nitrogen and oxygen atoms in total. The van der Waals surface area contributed by atoms with Gasteiger partial charge in [0.05, 0.1) is 11.9 Å². The molecule has 1 saturated heterocycles. The van der Waals surface area contributed by atoms with Crippen LogP contribution in [0, 0.1) is 0 Å². The monoisotopic (exact) mass is 417 g/mol. The molecule has 0 atom stereocenters. The van der Waals surface area contributed by atoms with Crippen molar-refractivity contribution in [2.24, 2.45) is 0 Å². The van der Waals surface area contributed by atoms with Gasteiger partial charge in [-0.3, -0.25) is 4.79 Å². The molecule has 3 rings (SSSR count). The van der Waals surface area contributed by atoms with Crippen molar-refractivity contribution in [1.82, 2.24) is 25.3 Å². The Kier molecular flexibility index (Phi) is 7.85. The van der Waals surface area contributed by atoms with Gasteiger partial charge >= 0.3 is 6.18 Å². The molecule has 0 saturated carbocycles. The Hall–Kier alpha value is -2.10. The van der Waals surface area contributed by atoms with Crippen molar-refractivity contribution in [3.63, 3.8) is 0 Å². The highest BCUT2D eigenvalue weighted by Crippen LogP contribution is 2.30. The van der Waals surface area contributed by atoms with E-state index in [9.17, 15) is 18.0 Å². The van der Waals surface area contributed by atoms with Gasteiger partial charge in [0, 0.05) is 38.3 Å². The lowest BCUT2D eigenvalue weighted by atomic mass is 10.2. The minimum absolute atomic E-state index is 0. The summed E-state index contributed by atoms with van der Waals surface area (Å²) in [4.78, 5) is 14.6. The second kappa shape index (κ2) is 9.90. The molecule has 28 heavy (non-hydrogen) atoms. The molecular weight excluding hydrogens is 395 g/mol. The zero-order valence-electron chi connectivity index (χ0n) is 15.2. The van der Waals surface area contributed by atoms with Crippen molar-refractivity contribution in [2.75, 3.05) is 39.3 Å². The van der Waals surface area contributed by atoms with Crippen LogP contribution in [0.2, 0.25) is 0 Å². The van der Waals surface area contributed by atoms with E-state index in [1.165, 1.54) is 12.1 Å². The Bertz CT molecular complexity index is 775. The molecule has 154 valence electrons. The SMILES string of the molecule is Cl.O=C(NCCCN1CCNCC1)c1cccc(-n2nccc2C(F)(F)F)c1. The molecule has 0 unspecified atom stereocenters. The van der Waals surface area contributed by atoms with E-state index in [1.54, 1.807) is 12.1 Å². The van der Waals surface area contributed by atoms with E-state index in [4.69, 9.17) is 0 Å². The van der Waals surface area contributed by atoms with Crippen LogP contribution in [-0.4, -0.2) is 59.9 Å². The number of benzene rings is 1. The van der Waals surface area contributed by atoms with Gasteiger partial charge in [-0.1, -0.05) is 6.07 Å². The summed E-state index contributed by atoms with van der Waals surface area (Å²) in [6.07, 6.45) is -2.60. The molecule has 1 amide bonds. The molecule has 1 fully saturated rings. The van der Waals surface area contributed by atoms with E-state index >= 15 is 0 Å². The van der Waals surface area contributed by atoms with E-state index in [0.29, 0.717) is 12.1 Å². The molecular formula is C18H23ClF3N5O. The fraction of sp³-hybridized carbons (Fsp3) is 0.444. The Morgan fingerprint density at radius 1 is 1.21 bits per heavy atom. The second-order valence-electron chi connectivity index (χ2n) is 6.38. The number of carbonyl (C=O) groups is 1. The van der Waals surface area contributed by atoms with E-state index < -0.39 is 11.9 Å². The van der Waals surface area contributed by atoms with Crippen LogP contribution in [0.4, 0.5) is 13.2 Å². The van der Waals surface area contributed by atoms with Gasteiger partial charge in [-0.25, -0.2) is 4.68 Å². The molecule has 2 aromatic rings. The minimum atomic E-state index is -4.52. The first kappa shape index (κ1) is 22.2. The largest absolute Gasteiger partial charge is 0.433 e. The average Bonchev–Trinajstić information content (AvgIpc) is 3.16. The molecule has 0 bridgehead atoms. The molecule has 10 heteroatoms. The summed E-state index contributed by atoms with van der Waals surface area (Å²) in [5.41, 5.74) is -0.379. The highest BCUT2D eigenvalue weighted by Gasteiger charge is 2.35. The Morgan fingerprint density at radius 2 is 1.96 bits per heavy atom. The van der Waals surface area contributed by atoms with Crippen LogP contribution in [0.15, 0.2) is 36.5 Å². The number of hydrogen-bond donors (Lipinski definition) is 2. The summed E-state index contributed by atoms with van der Waals surface area (Å²) in [5.74, 6) is -0.308. The van der Waals surface area contributed by atoms with Crippen LogP contribution in [0.5, 0.6) is 0 Å². The second-order valence-corrected chi connectivity index (χ2v) is 6.38. The Morgan fingerprint density at radius 3 is 2.68 bits per heavy atom. The molecule has 0 spiro atoms. The highest BCUT2D eigenvalue weighted by atomic mass is 35.5. The van der Waals surface area contributed by atoms with Gasteiger partial charge in [0.2, 0.25) is 0 Å². The van der Waals surface area contributed by atoms with E-state index in [2.05, 4.69) is 20.6 Å². The van der Waals surface area contributed by atoms with Gasteiger partial charge in [0.15, 0.2) is 0 Å². The maximum Gasteiger partial charge on any atom is 0.433 e. The first-order valence-electron chi connectivity index (χ1n) is 8.88. The maximum absolute atomic E-state index is 13.0. The average molecular weight is 418 g/mol. The fourth-order valence-electron chi connectivity index (χ4n) is 3.04. The third-order valence-electron chi connectivity index (χ3n) is 4.43. The lowest BCUT2D eigenvalue weighted by molar-refractivity contribution is -0.142. The molecule has 1 aromatic carbocycles. The third kappa shape index (κ3) is 5.70. The minimum Gasteiger partial charge on any atom is -0.352 e. The predicted molar refractivity (Wildman–Crippen MR) is 102 cm³/mol. The first-order chi connectivity index (χ1) is 12.9. The first-order valence-corrected chi connectivity index (χ1v) is 8.88. The van der Waals surface area contributed by atoms with Gasteiger partial charge in [-0.05, 0) is 37.2 Å². The van der Waals surface area contributed by atoms with Crippen LogP contribution in [-0.2, 0) is 6.18 Å². The number of nitrogens with zero attached hydrogens (tertiary/aromatic N) is 3. The van der Waals surface area contributed by atoms with Crippen molar-refractivity contribution in [3.8, 4) is 5.69 Å². The number of piperazine rings is 1. The molecule has 0 radical (unpaired) electrons. The maximum atomic E-state index is 13.0. The topological polar surface area (TPSA) is 62.2 Å². The zero-order chi connectivity index (χ0) is 19.3. The lowest BCUT2D eigenvalue weighted by Gasteiger charge is -2.27. The summed E-state index contributed by atoms with van der Waals surface area (Å²) in [5, 5.41) is 9.84. The van der Waals surface area contributed by atoms with Crippen molar-refractivity contribution in [2.45, 2.75) is 12.6 Å². The Labute approximate surface area is 167 Å². The zero-order valence-corrected chi connectivity index (χ0v) is 16.0. The summed E-state index contributed by atoms with van der Waals surface area (Å²) in [6.45, 7) is 5.38. The number of amides is 1. The quantitative estimate of drug-likeness (QED) is 0.708. The summed E-state index contributed by atoms with van der Waals surface area (Å²) in [7, 11) is 0. The van der Waals surface area contributed by atoms with Crippen molar-refractivity contribution in [1.29, 1.82) is 0 Å². The number of hydrogen-bond acceptors (Lipinski definition) is 4. The van der Waals surface area contributed by atoms with Crippen LogP contribution in [0.3, 0.4) is 0 Å². The van der Waals surface area contributed by atoms with E-state index in [1.807, 2.05) is 0 Å². The fourth-order valence-corrected chi connectivity index (χ4v) is 3.04. The number of halogens is 4. The van der Waals surface area contributed by atoms with E-state index in [0.717, 1.165) is 56.1 Å². The van der Waals surface area contributed by atoms with Crippen molar-refractivity contribution >= 4 is 18.3 Å². The van der Waals surface area contributed by atoms with Gasteiger partial charge in [-0.15, -0.1) is 12.4 Å². The van der Waals surface area contributed by atoms with Crippen LogP contribution >= 0.6 is 12.4 Å². The number of carbonyl (C=O) groups excluding carboxylic acids is 1. The Balaban J connectivity index is 0.00000280. The molecule has 2 N–H and O–H groups in total. The van der Waals surface area contributed by atoms with Gasteiger partial charge < -0.3 is 15.5 Å². The standard InChI is InChI=1S/C18H22F3N5O.ClH/c19-18(20,21)16-5-7-24-26(16)15-4-1-3-14(13-15)17(27)23-6-2-10-25-11-8-22-9-12-25;/h1,3-5,7,13,22H,2,6,8-12H2,(H,23,27);1H. The lowest BCUT2D eigenvalue weighted by Crippen LogP contribution is -2.44. The van der Waals surface area contributed by atoms with Gasteiger partial charge in [-0.2, -0.15) is 18.3 Å². The number of alkyl halides is 3. The number of aromatic nitrogens is 2. The highest BCUT2D eigenvalue weighted by molar-refractivity contribution is 5.94. The molecule has 2 heterocycles. The summed E-state index contributed by atoms with van der Waals surface area (Å²) < 4.78 is 39.9. The normalized spacial score (nSPS) is 15.1. The summed E-state index contributed by atoms with van der Waals surface area (Å²) in [6, 6.07) is 6.93. The molecule has 0 aliphatic carbocycles. The van der Waals surface area contributed by atoms with Crippen molar-refractivity contribution in [3.05, 3.63) is 47.8 Å². The third-order valence-corrected chi connectivity index (χ3v) is 4.43.